The van der Waals surface area contributed by atoms with Crippen LogP contribution in [0.3, 0.4) is 0 Å². The molecule has 6 nitrogen and oxygen atoms in total. The average molecular weight is 486 g/mol. The van der Waals surface area contributed by atoms with Crippen molar-refractivity contribution < 1.29 is 24.2 Å². The van der Waals surface area contributed by atoms with Crippen LogP contribution < -0.4 is 9.47 Å². The second-order valence-corrected chi connectivity index (χ2v) is 9.03. The van der Waals surface area contributed by atoms with Crippen molar-refractivity contribution in [3.63, 3.8) is 0 Å². The Bertz CT molecular complexity index is 1290. The molecule has 1 aliphatic heterocycles. The summed E-state index contributed by atoms with van der Waals surface area (Å²) in [5, 5.41) is 11.3. The lowest BCUT2D eigenvalue weighted by Crippen LogP contribution is -2.29. The number of ketones is 1. The molecule has 0 spiro atoms. The molecule has 0 aliphatic carbocycles. The molecule has 1 atom stereocenters. The number of carbonyl (C=O) groups is 2. The van der Waals surface area contributed by atoms with E-state index in [0.717, 1.165) is 17.5 Å². The number of carbonyl (C=O) groups excluding carboxylic acids is 2. The molecule has 1 saturated heterocycles. The zero-order chi connectivity index (χ0) is 25.8. The summed E-state index contributed by atoms with van der Waals surface area (Å²) < 4.78 is 11.4. The van der Waals surface area contributed by atoms with E-state index in [1.165, 1.54) is 4.90 Å². The Hall–Kier alpha value is -4.06. The predicted molar refractivity (Wildman–Crippen MR) is 139 cm³/mol. The van der Waals surface area contributed by atoms with Crippen molar-refractivity contribution >= 4 is 17.4 Å². The molecule has 0 radical (unpaired) electrons. The van der Waals surface area contributed by atoms with Gasteiger partial charge in [0, 0.05) is 11.1 Å². The summed E-state index contributed by atoms with van der Waals surface area (Å²) in [5.74, 6) is -0.350. The van der Waals surface area contributed by atoms with E-state index in [9.17, 15) is 14.7 Å². The summed E-state index contributed by atoms with van der Waals surface area (Å²) in [4.78, 5) is 28.2. The second kappa shape index (κ2) is 10.7. The number of rotatable bonds is 8. The Morgan fingerprint density at radius 3 is 2.39 bits per heavy atom. The summed E-state index contributed by atoms with van der Waals surface area (Å²) >= 11 is 0. The number of hydrogen-bond acceptors (Lipinski definition) is 5. The van der Waals surface area contributed by atoms with Gasteiger partial charge in [-0.25, -0.2) is 0 Å². The van der Waals surface area contributed by atoms with Crippen molar-refractivity contribution in [1.82, 2.24) is 4.90 Å². The Morgan fingerprint density at radius 1 is 1.00 bits per heavy atom. The third-order valence-corrected chi connectivity index (χ3v) is 6.25. The molecule has 1 amide bonds. The van der Waals surface area contributed by atoms with Crippen LogP contribution in [-0.2, 0) is 22.6 Å². The molecule has 1 unspecified atom stereocenters. The van der Waals surface area contributed by atoms with E-state index in [2.05, 4.69) is 0 Å². The normalized spacial score (nSPS) is 17.0. The molecule has 4 rings (SSSR count). The van der Waals surface area contributed by atoms with Gasteiger partial charge in [-0.15, -0.1) is 0 Å². The van der Waals surface area contributed by atoms with Gasteiger partial charge in [-0.1, -0.05) is 61.5 Å². The minimum atomic E-state index is -0.795. The maximum absolute atomic E-state index is 13.4. The number of aliphatic hydroxyl groups is 1. The highest BCUT2D eigenvalue weighted by molar-refractivity contribution is 6.46. The molecular weight excluding hydrogens is 454 g/mol. The molecule has 1 aliphatic rings. The quantitative estimate of drug-likeness (QED) is 0.253. The summed E-state index contributed by atoms with van der Waals surface area (Å²) in [6.07, 6.45) is 0.810. The van der Waals surface area contributed by atoms with Gasteiger partial charge in [0.15, 0.2) is 0 Å². The van der Waals surface area contributed by atoms with E-state index in [1.807, 2.05) is 81.4 Å². The Labute approximate surface area is 211 Å². The SMILES string of the molecule is CCc1ccc(/C(O)=C2/C(=O)C(=O)N(Cc3ccccc3OC)C2c2cccc(OC(C)C)c2)cc1. The number of ether oxygens (including phenoxy) is 2. The lowest BCUT2D eigenvalue weighted by molar-refractivity contribution is -0.140. The fourth-order valence-electron chi connectivity index (χ4n) is 4.49. The molecular formula is C30H31NO5. The minimum absolute atomic E-state index is 0.0442. The number of aryl methyl sites for hydroxylation is 1. The highest BCUT2D eigenvalue weighted by Gasteiger charge is 2.46. The molecule has 1 fully saturated rings. The predicted octanol–water partition coefficient (Wildman–Crippen LogP) is 5.67. The Morgan fingerprint density at radius 2 is 1.72 bits per heavy atom. The van der Waals surface area contributed by atoms with Crippen molar-refractivity contribution in [3.05, 3.63) is 101 Å². The Balaban J connectivity index is 1.86. The van der Waals surface area contributed by atoms with Gasteiger partial charge in [-0.3, -0.25) is 9.59 Å². The molecule has 0 aromatic heterocycles. The zero-order valence-corrected chi connectivity index (χ0v) is 21.0. The first-order chi connectivity index (χ1) is 17.3. The summed E-state index contributed by atoms with van der Waals surface area (Å²) in [7, 11) is 1.57. The van der Waals surface area contributed by atoms with Crippen LogP contribution in [0.1, 0.15) is 49.1 Å². The molecule has 6 heteroatoms. The van der Waals surface area contributed by atoms with Crippen LogP contribution in [0, 0.1) is 0 Å². The van der Waals surface area contributed by atoms with Crippen LogP contribution in [0.25, 0.3) is 5.76 Å². The van der Waals surface area contributed by atoms with Gasteiger partial charge in [0.1, 0.15) is 17.3 Å². The number of para-hydroxylation sites is 1. The molecule has 186 valence electrons. The summed E-state index contributed by atoms with van der Waals surface area (Å²) in [5.41, 5.74) is 3.09. The number of benzene rings is 3. The van der Waals surface area contributed by atoms with Gasteiger partial charge in [0.25, 0.3) is 11.7 Å². The fourth-order valence-corrected chi connectivity index (χ4v) is 4.49. The van der Waals surface area contributed by atoms with E-state index in [-0.39, 0.29) is 24.0 Å². The number of likely N-dealkylation sites (tertiary alicyclic amines) is 1. The van der Waals surface area contributed by atoms with E-state index < -0.39 is 17.7 Å². The topological polar surface area (TPSA) is 76.1 Å². The smallest absolute Gasteiger partial charge is 0.295 e. The van der Waals surface area contributed by atoms with Gasteiger partial charge in [-0.05, 0) is 49.6 Å². The molecule has 0 bridgehead atoms. The number of aliphatic hydroxyl groups excluding tert-OH is 1. The van der Waals surface area contributed by atoms with Gasteiger partial charge >= 0.3 is 0 Å². The molecule has 3 aromatic carbocycles. The van der Waals surface area contributed by atoms with Crippen LogP contribution in [0.2, 0.25) is 0 Å². The summed E-state index contributed by atoms with van der Waals surface area (Å²) in [6, 6.07) is 21.3. The monoisotopic (exact) mass is 485 g/mol. The van der Waals surface area contributed by atoms with Crippen LogP contribution in [-0.4, -0.2) is 34.9 Å². The van der Waals surface area contributed by atoms with E-state index in [4.69, 9.17) is 9.47 Å². The van der Waals surface area contributed by atoms with E-state index >= 15 is 0 Å². The van der Waals surface area contributed by atoms with Crippen LogP contribution >= 0.6 is 0 Å². The van der Waals surface area contributed by atoms with Gasteiger partial charge in [0.05, 0.1) is 31.4 Å². The first-order valence-electron chi connectivity index (χ1n) is 12.1. The highest BCUT2D eigenvalue weighted by Crippen LogP contribution is 2.41. The lowest BCUT2D eigenvalue weighted by atomic mass is 9.94. The number of nitrogens with zero attached hydrogens (tertiary/aromatic N) is 1. The number of hydrogen-bond donors (Lipinski definition) is 1. The third-order valence-electron chi connectivity index (χ3n) is 6.25. The fraction of sp³-hybridized carbons (Fsp3) is 0.267. The van der Waals surface area contributed by atoms with Crippen LogP contribution in [0.15, 0.2) is 78.4 Å². The molecule has 1 heterocycles. The van der Waals surface area contributed by atoms with Crippen LogP contribution in [0.5, 0.6) is 11.5 Å². The maximum atomic E-state index is 13.4. The molecule has 3 aromatic rings. The zero-order valence-electron chi connectivity index (χ0n) is 21.0. The van der Waals surface area contributed by atoms with Gasteiger partial charge in [-0.2, -0.15) is 0 Å². The number of amides is 1. The standard InChI is InChI=1S/C30H31NO5/c1-5-20-13-15-21(16-14-20)28(32)26-27(22-10-8-11-24(17-22)36-19(2)3)31(30(34)29(26)33)18-23-9-6-7-12-25(23)35-4/h6-17,19,27,32H,5,18H2,1-4H3/b28-26-. The number of methoxy groups -OCH3 is 1. The van der Waals surface area contributed by atoms with E-state index in [1.54, 1.807) is 19.2 Å². The first-order valence-corrected chi connectivity index (χ1v) is 12.1. The third kappa shape index (κ3) is 4.98. The number of Topliss-reactive ketones (excluding diaryl/α,β-unsaturated/α-hetero) is 1. The molecule has 36 heavy (non-hydrogen) atoms. The summed E-state index contributed by atoms with van der Waals surface area (Å²) in [6.45, 7) is 6.05. The van der Waals surface area contributed by atoms with Crippen molar-refractivity contribution in [3.8, 4) is 11.5 Å². The van der Waals surface area contributed by atoms with Gasteiger partial charge in [0.2, 0.25) is 0 Å². The van der Waals surface area contributed by atoms with E-state index in [0.29, 0.717) is 22.6 Å². The maximum Gasteiger partial charge on any atom is 0.295 e. The highest BCUT2D eigenvalue weighted by atomic mass is 16.5. The minimum Gasteiger partial charge on any atom is -0.507 e. The molecule has 0 saturated carbocycles. The lowest BCUT2D eigenvalue weighted by Gasteiger charge is -2.26. The largest absolute Gasteiger partial charge is 0.507 e. The van der Waals surface area contributed by atoms with Crippen molar-refractivity contribution in [2.45, 2.75) is 45.9 Å². The Kier molecular flexibility index (Phi) is 7.44. The van der Waals surface area contributed by atoms with Crippen molar-refractivity contribution in [2.24, 2.45) is 0 Å². The first kappa shape index (κ1) is 25.0. The second-order valence-electron chi connectivity index (χ2n) is 9.03. The van der Waals surface area contributed by atoms with Crippen molar-refractivity contribution in [2.75, 3.05) is 7.11 Å². The van der Waals surface area contributed by atoms with Crippen LogP contribution in [0.4, 0.5) is 0 Å². The van der Waals surface area contributed by atoms with Crippen molar-refractivity contribution in [1.29, 1.82) is 0 Å². The molecule has 1 N–H and O–H groups in total. The van der Waals surface area contributed by atoms with Gasteiger partial charge < -0.3 is 19.5 Å². The average Bonchev–Trinajstić information content (AvgIpc) is 3.13.